The second-order valence-electron chi connectivity index (χ2n) is 4.36. The minimum atomic E-state index is 0.513. The van der Waals surface area contributed by atoms with Crippen molar-refractivity contribution in [3.63, 3.8) is 0 Å². The highest BCUT2D eigenvalue weighted by Crippen LogP contribution is 2.28. The van der Waals surface area contributed by atoms with E-state index in [4.69, 9.17) is 11.6 Å². The third kappa shape index (κ3) is 1.74. The van der Waals surface area contributed by atoms with Crippen LogP contribution >= 0.6 is 27.5 Å². The number of hydrogen-bond acceptors (Lipinski definition) is 4. The molecular formula is C14H6BrClN4. The van der Waals surface area contributed by atoms with Gasteiger partial charge in [0, 0.05) is 14.9 Å². The summed E-state index contributed by atoms with van der Waals surface area (Å²) in [6, 6.07) is 11.2. The first-order valence-electron chi connectivity index (χ1n) is 5.90. The largest absolute Gasteiger partial charge is 0.242 e. The summed E-state index contributed by atoms with van der Waals surface area (Å²) < 4.78 is 0.928. The molecule has 6 heteroatoms. The molecule has 0 unspecified atom stereocenters. The summed E-state index contributed by atoms with van der Waals surface area (Å²) in [6.07, 6.45) is 0. The highest BCUT2D eigenvalue weighted by Gasteiger charge is 2.10. The minimum absolute atomic E-state index is 0.513. The highest BCUT2D eigenvalue weighted by atomic mass is 79.9. The Balaban J connectivity index is 2.24. The molecular weight excluding hydrogens is 340 g/mol. The molecule has 0 radical (unpaired) electrons. The molecule has 2 aromatic heterocycles. The van der Waals surface area contributed by atoms with Crippen LogP contribution in [0.5, 0.6) is 0 Å². The lowest BCUT2D eigenvalue weighted by Crippen LogP contribution is -1.94. The van der Waals surface area contributed by atoms with Gasteiger partial charge in [0.05, 0.1) is 16.6 Å². The highest BCUT2D eigenvalue weighted by molar-refractivity contribution is 9.10. The molecule has 4 nitrogen and oxygen atoms in total. The minimum Gasteiger partial charge on any atom is -0.242 e. The van der Waals surface area contributed by atoms with Crippen LogP contribution in [0.3, 0.4) is 0 Å². The number of rotatable bonds is 0. The van der Waals surface area contributed by atoms with Gasteiger partial charge in [0.15, 0.2) is 0 Å². The molecule has 0 aliphatic carbocycles. The molecule has 4 rings (SSSR count). The van der Waals surface area contributed by atoms with Gasteiger partial charge in [0.25, 0.3) is 0 Å². The van der Waals surface area contributed by atoms with Crippen molar-refractivity contribution >= 4 is 60.6 Å². The Labute approximate surface area is 126 Å². The number of aromatic nitrogens is 4. The molecule has 0 bridgehead atoms. The molecule has 0 saturated heterocycles. The van der Waals surface area contributed by atoms with E-state index in [0.717, 1.165) is 26.4 Å². The predicted octanol–water partition coefficient (Wildman–Crippen LogP) is 4.14. The van der Waals surface area contributed by atoms with E-state index < -0.39 is 0 Å². The van der Waals surface area contributed by atoms with E-state index in [9.17, 15) is 0 Å². The van der Waals surface area contributed by atoms with Gasteiger partial charge in [-0.3, -0.25) is 0 Å². The Morgan fingerprint density at radius 1 is 0.900 bits per heavy atom. The fourth-order valence-corrected chi connectivity index (χ4v) is 2.90. The zero-order valence-electron chi connectivity index (χ0n) is 10.0. The molecule has 0 fully saturated rings. The van der Waals surface area contributed by atoms with Crippen LogP contribution in [0.2, 0.25) is 5.02 Å². The third-order valence-corrected chi connectivity index (χ3v) is 3.98. The molecule has 0 saturated carbocycles. The topological polar surface area (TPSA) is 51.6 Å². The molecule has 4 aromatic rings. The number of halogens is 2. The van der Waals surface area contributed by atoms with E-state index in [0.29, 0.717) is 16.2 Å². The van der Waals surface area contributed by atoms with Gasteiger partial charge in [-0.1, -0.05) is 33.6 Å². The maximum atomic E-state index is 5.98. The van der Waals surface area contributed by atoms with E-state index in [-0.39, 0.29) is 0 Å². The average molecular weight is 346 g/mol. The molecule has 20 heavy (non-hydrogen) atoms. The first-order valence-corrected chi connectivity index (χ1v) is 7.07. The number of benzene rings is 2. The molecule has 0 aliphatic heterocycles. The van der Waals surface area contributed by atoms with Crippen molar-refractivity contribution in [2.24, 2.45) is 0 Å². The van der Waals surface area contributed by atoms with Gasteiger partial charge < -0.3 is 0 Å². The SMILES string of the molecule is Clc1ccc2nc3c(nnc4cccc(Br)c43)nc2c1. The molecule has 2 heterocycles. The Morgan fingerprint density at radius 2 is 1.80 bits per heavy atom. The van der Waals surface area contributed by atoms with Gasteiger partial charge in [-0.05, 0) is 30.3 Å². The first kappa shape index (κ1) is 11.9. The zero-order valence-corrected chi connectivity index (χ0v) is 12.4. The van der Waals surface area contributed by atoms with Crippen molar-refractivity contribution in [3.05, 3.63) is 45.9 Å². The smallest absolute Gasteiger partial charge is 0.201 e. The zero-order chi connectivity index (χ0) is 13.7. The van der Waals surface area contributed by atoms with Gasteiger partial charge >= 0.3 is 0 Å². The maximum absolute atomic E-state index is 5.98. The van der Waals surface area contributed by atoms with Crippen LogP contribution in [0.4, 0.5) is 0 Å². The summed E-state index contributed by atoms with van der Waals surface area (Å²) in [6.45, 7) is 0. The molecule has 96 valence electrons. The van der Waals surface area contributed by atoms with Crippen LogP contribution in [-0.4, -0.2) is 20.2 Å². The fraction of sp³-hybridized carbons (Fsp3) is 0. The van der Waals surface area contributed by atoms with Crippen molar-refractivity contribution in [2.45, 2.75) is 0 Å². The Kier molecular flexibility index (Phi) is 2.58. The fourth-order valence-electron chi connectivity index (χ4n) is 2.19. The van der Waals surface area contributed by atoms with Crippen molar-refractivity contribution in [2.75, 3.05) is 0 Å². The van der Waals surface area contributed by atoms with E-state index in [1.165, 1.54) is 0 Å². The van der Waals surface area contributed by atoms with Crippen LogP contribution in [0, 0.1) is 0 Å². The average Bonchev–Trinajstić information content (AvgIpc) is 2.45. The van der Waals surface area contributed by atoms with E-state index in [1.807, 2.05) is 24.3 Å². The molecule has 2 aromatic carbocycles. The molecule has 0 spiro atoms. The third-order valence-electron chi connectivity index (χ3n) is 3.09. The van der Waals surface area contributed by atoms with Gasteiger partial charge in [0.2, 0.25) is 5.65 Å². The quantitative estimate of drug-likeness (QED) is 0.355. The summed E-state index contributed by atoms with van der Waals surface area (Å²) in [7, 11) is 0. The van der Waals surface area contributed by atoms with Crippen molar-refractivity contribution < 1.29 is 0 Å². The lowest BCUT2D eigenvalue weighted by Gasteiger charge is -2.04. The van der Waals surface area contributed by atoms with Crippen LogP contribution in [0.1, 0.15) is 0 Å². The standard InChI is InChI=1S/C14H6BrClN4/c15-8-2-1-3-10-12(8)13-14(20-19-10)18-11-6-7(16)4-5-9(11)17-13/h1-6H. The van der Waals surface area contributed by atoms with Crippen molar-refractivity contribution in [1.82, 2.24) is 20.2 Å². The number of nitrogens with zero attached hydrogens (tertiary/aromatic N) is 4. The van der Waals surface area contributed by atoms with Gasteiger partial charge in [-0.2, -0.15) is 0 Å². The van der Waals surface area contributed by atoms with E-state index in [1.54, 1.807) is 12.1 Å². The lowest BCUT2D eigenvalue weighted by molar-refractivity contribution is 1.09. The normalized spacial score (nSPS) is 11.5. The van der Waals surface area contributed by atoms with E-state index >= 15 is 0 Å². The van der Waals surface area contributed by atoms with Crippen LogP contribution in [0.25, 0.3) is 33.1 Å². The number of fused-ring (bicyclic) bond motifs is 4. The van der Waals surface area contributed by atoms with Gasteiger partial charge in [-0.15, -0.1) is 10.2 Å². The summed E-state index contributed by atoms with van der Waals surface area (Å²) >= 11 is 9.52. The Morgan fingerprint density at radius 3 is 2.70 bits per heavy atom. The summed E-state index contributed by atoms with van der Waals surface area (Å²) in [5.74, 6) is 0. The second kappa shape index (κ2) is 4.33. The molecule has 0 aliphatic rings. The summed E-state index contributed by atoms with van der Waals surface area (Å²) in [4.78, 5) is 9.14. The molecule has 0 atom stereocenters. The Bertz CT molecular complexity index is 987. The van der Waals surface area contributed by atoms with Crippen LogP contribution < -0.4 is 0 Å². The van der Waals surface area contributed by atoms with Crippen molar-refractivity contribution in [1.29, 1.82) is 0 Å². The molecule has 0 amide bonds. The predicted molar refractivity (Wildman–Crippen MR) is 82.9 cm³/mol. The molecule has 0 N–H and O–H groups in total. The lowest BCUT2D eigenvalue weighted by atomic mass is 10.2. The van der Waals surface area contributed by atoms with Crippen LogP contribution in [0.15, 0.2) is 40.9 Å². The van der Waals surface area contributed by atoms with Crippen LogP contribution in [-0.2, 0) is 0 Å². The van der Waals surface area contributed by atoms with Crippen molar-refractivity contribution in [3.8, 4) is 0 Å². The second-order valence-corrected chi connectivity index (χ2v) is 5.65. The van der Waals surface area contributed by atoms with E-state index in [2.05, 4.69) is 36.1 Å². The van der Waals surface area contributed by atoms with Gasteiger partial charge in [0.1, 0.15) is 5.52 Å². The first-order chi connectivity index (χ1) is 9.72. The monoisotopic (exact) mass is 344 g/mol. The summed E-state index contributed by atoms with van der Waals surface area (Å²) in [5, 5.41) is 9.87. The maximum Gasteiger partial charge on any atom is 0.201 e. The summed E-state index contributed by atoms with van der Waals surface area (Å²) in [5.41, 5.74) is 3.53. The van der Waals surface area contributed by atoms with Gasteiger partial charge in [-0.25, -0.2) is 9.97 Å². The Hall–Kier alpha value is -1.85. The number of hydrogen-bond donors (Lipinski definition) is 0.